The predicted octanol–water partition coefficient (Wildman–Crippen LogP) is 0.726. The maximum atomic E-state index is 8.81. The third-order valence-corrected chi connectivity index (χ3v) is 2.89. The Balaban J connectivity index is 2.23. The maximum absolute atomic E-state index is 8.81. The minimum Gasteiger partial charge on any atom is -0.396 e. The van der Waals surface area contributed by atoms with Crippen molar-refractivity contribution < 1.29 is 9.84 Å². The van der Waals surface area contributed by atoms with Gasteiger partial charge >= 0.3 is 0 Å². The van der Waals surface area contributed by atoms with Crippen molar-refractivity contribution in [2.75, 3.05) is 33.4 Å². The monoisotopic (exact) mass is 187 g/mol. The second-order valence-corrected chi connectivity index (χ2v) is 3.97. The van der Waals surface area contributed by atoms with Gasteiger partial charge in [-0.15, -0.1) is 0 Å². The Morgan fingerprint density at radius 2 is 2.38 bits per heavy atom. The lowest BCUT2D eigenvalue weighted by molar-refractivity contribution is 0.111. The van der Waals surface area contributed by atoms with Gasteiger partial charge in [0.1, 0.15) is 0 Å². The van der Waals surface area contributed by atoms with Crippen molar-refractivity contribution >= 4 is 0 Å². The smallest absolute Gasteiger partial charge is 0.0615 e. The maximum Gasteiger partial charge on any atom is 0.0615 e. The quantitative estimate of drug-likeness (QED) is 0.688. The number of likely N-dealkylation sites (tertiary alicyclic amines) is 1. The fourth-order valence-electron chi connectivity index (χ4n) is 2.03. The molecule has 1 saturated heterocycles. The van der Waals surface area contributed by atoms with Crippen LogP contribution in [0, 0.1) is 5.92 Å². The summed E-state index contributed by atoms with van der Waals surface area (Å²) in [6.45, 7) is 5.63. The Labute approximate surface area is 80.7 Å². The van der Waals surface area contributed by atoms with Gasteiger partial charge in [0.05, 0.1) is 6.61 Å². The van der Waals surface area contributed by atoms with Gasteiger partial charge in [-0.2, -0.15) is 0 Å². The van der Waals surface area contributed by atoms with E-state index in [4.69, 9.17) is 9.84 Å². The van der Waals surface area contributed by atoms with Crippen LogP contribution in [0.5, 0.6) is 0 Å². The van der Waals surface area contributed by atoms with E-state index in [0.717, 1.165) is 26.1 Å². The Hall–Kier alpha value is -0.120. The zero-order chi connectivity index (χ0) is 9.68. The van der Waals surface area contributed by atoms with Crippen molar-refractivity contribution in [3.63, 3.8) is 0 Å². The molecule has 1 N–H and O–H groups in total. The molecular weight excluding hydrogens is 166 g/mol. The van der Waals surface area contributed by atoms with E-state index < -0.39 is 0 Å². The van der Waals surface area contributed by atoms with E-state index >= 15 is 0 Å². The predicted molar refractivity (Wildman–Crippen MR) is 52.7 cm³/mol. The van der Waals surface area contributed by atoms with E-state index in [2.05, 4.69) is 11.8 Å². The molecule has 3 nitrogen and oxygen atoms in total. The molecule has 0 saturated carbocycles. The van der Waals surface area contributed by atoms with E-state index in [1.165, 1.54) is 6.42 Å². The van der Waals surface area contributed by atoms with E-state index in [9.17, 15) is 0 Å². The minimum absolute atomic E-state index is 0.331. The third kappa shape index (κ3) is 3.25. The minimum atomic E-state index is 0.331. The first-order valence-corrected chi connectivity index (χ1v) is 5.11. The van der Waals surface area contributed by atoms with E-state index in [1.807, 2.05) is 0 Å². The highest BCUT2D eigenvalue weighted by atomic mass is 16.5. The summed E-state index contributed by atoms with van der Waals surface area (Å²) in [5, 5.41) is 8.81. The summed E-state index contributed by atoms with van der Waals surface area (Å²) in [5.41, 5.74) is 0. The Kier molecular flexibility index (Phi) is 4.70. The molecule has 13 heavy (non-hydrogen) atoms. The zero-order valence-electron chi connectivity index (χ0n) is 8.70. The molecule has 0 radical (unpaired) electrons. The normalized spacial score (nSPS) is 26.5. The summed E-state index contributed by atoms with van der Waals surface area (Å²) in [5.74, 6) is 0.698. The second kappa shape index (κ2) is 5.58. The summed E-state index contributed by atoms with van der Waals surface area (Å²) < 4.78 is 5.12. The fraction of sp³-hybridized carbons (Fsp3) is 1.00. The standard InChI is InChI=1S/C10H21NO2/c1-9(8-13-2)11-5-3-10(7-11)4-6-12/h9-10,12H,3-8H2,1-2H3. The van der Waals surface area contributed by atoms with E-state index in [-0.39, 0.29) is 0 Å². The summed E-state index contributed by atoms with van der Waals surface area (Å²) in [6, 6.07) is 0.522. The Bertz CT molecular complexity index is 141. The molecule has 1 fully saturated rings. The number of aliphatic hydroxyl groups is 1. The number of methoxy groups -OCH3 is 1. The van der Waals surface area contributed by atoms with Crippen LogP contribution in [0.3, 0.4) is 0 Å². The second-order valence-electron chi connectivity index (χ2n) is 3.97. The summed E-state index contributed by atoms with van der Waals surface area (Å²) in [4.78, 5) is 2.45. The fourth-order valence-corrected chi connectivity index (χ4v) is 2.03. The van der Waals surface area contributed by atoms with Crippen LogP contribution in [-0.4, -0.2) is 49.5 Å². The van der Waals surface area contributed by atoms with Crippen LogP contribution in [0.25, 0.3) is 0 Å². The molecule has 0 aromatic rings. The van der Waals surface area contributed by atoms with Gasteiger partial charge in [0.15, 0.2) is 0 Å². The van der Waals surface area contributed by atoms with Crippen molar-refractivity contribution in [2.24, 2.45) is 5.92 Å². The molecule has 1 aliphatic heterocycles. The number of ether oxygens (including phenoxy) is 1. The zero-order valence-corrected chi connectivity index (χ0v) is 8.70. The molecule has 1 heterocycles. The Morgan fingerprint density at radius 1 is 1.62 bits per heavy atom. The lowest BCUT2D eigenvalue weighted by atomic mass is 10.1. The molecule has 0 aliphatic carbocycles. The number of hydrogen-bond acceptors (Lipinski definition) is 3. The highest BCUT2D eigenvalue weighted by Gasteiger charge is 2.25. The van der Waals surface area contributed by atoms with Crippen LogP contribution < -0.4 is 0 Å². The number of rotatable bonds is 5. The van der Waals surface area contributed by atoms with Gasteiger partial charge in [-0.3, -0.25) is 4.90 Å². The van der Waals surface area contributed by atoms with Crippen LogP contribution in [0.2, 0.25) is 0 Å². The van der Waals surface area contributed by atoms with Gasteiger partial charge in [-0.05, 0) is 32.2 Å². The molecule has 0 aromatic heterocycles. The molecule has 78 valence electrons. The van der Waals surface area contributed by atoms with Crippen LogP contribution in [0.1, 0.15) is 19.8 Å². The molecular formula is C10H21NO2. The summed E-state index contributed by atoms with van der Waals surface area (Å²) >= 11 is 0. The highest BCUT2D eigenvalue weighted by molar-refractivity contribution is 4.79. The number of nitrogens with zero attached hydrogens (tertiary/aromatic N) is 1. The molecule has 2 unspecified atom stereocenters. The summed E-state index contributed by atoms with van der Waals surface area (Å²) in [6.07, 6.45) is 2.19. The molecule has 0 aromatic carbocycles. The molecule has 0 amide bonds. The first-order valence-electron chi connectivity index (χ1n) is 5.11. The van der Waals surface area contributed by atoms with Gasteiger partial charge in [0.25, 0.3) is 0 Å². The van der Waals surface area contributed by atoms with Crippen LogP contribution in [-0.2, 0) is 4.74 Å². The SMILES string of the molecule is COCC(C)N1CCC(CCO)C1. The molecule has 1 aliphatic rings. The van der Waals surface area contributed by atoms with Crippen molar-refractivity contribution in [1.82, 2.24) is 4.90 Å². The lowest BCUT2D eigenvalue weighted by Gasteiger charge is -2.23. The summed E-state index contributed by atoms with van der Waals surface area (Å²) in [7, 11) is 1.75. The molecule has 1 rings (SSSR count). The van der Waals surface area contributed by atoms with Gasteiger partial charge in [0.2, 0.25) is 0 Å². The highest BCUT2D eigenvalue weighted by Crippen LogP contribution is 2.20. The molecule has 0 spiro atoms. The molecule has 2 atom stereocenters. The average molecular weight is 187 g/mol. The average Bonchev–Trinajstić information content (AvgIpc) is 2.54. The van der Waals surface area contributed by atoms with Crippen molar-refractivity contribution in [2.45, 2.75) is 25.8 Å². The molecule has 0 bridgehead atoms. The van der Waals surface area contributed by atoms with Gasteiger partial charge < -0.3 is 9.84 Å². The van der Waals surface area contributed by atoms with E-state index in [1.54, 1.807) is 7.11 Å². The van der Waals surface area contributed by atoms with Gasteiger partial charge in [0, 0.05) is 26.3 Å². The van der Waals surface area contributed by atoms with Crippen LogP contribution >= 0.6 is 0 Å². The van der Waals surface area contributed by atoms with Crippen LogP contribution in [0.15, 0.2) is 0 Å². The van der Waals surface area contributed by atoms with E-state index in [0.29, 0.717) is 18.6 Å². The van der Waals surface area contributed by atoms with Crippen molar-refractivity contribution in [3.05, 3.63) is 0 Å². The van der Waals surface area contributed by atoms with Crippen molar-refractivity contribution in [3.8, 4) is 0 Å². The third-order valence-electron chi connectivity index (χ3n) is 2.89. The Morgan fingerprint density at radius 3 is 3.00 bits per heavy atom. The topological polar surface area (TPSA) is 32.7 Å². The lowest BCUT2D eigenvalue weighted by Crippen LogP contribution is -2.34. The number of hydrogen-bond donors (Lipinski definition) is 1. The largest absolute Gasteiger partial charge is 0.396 e. The number of aliphatic hydroxyl groups excluding tert-OH is 1. The first-order chi connectivity index (χ1) is 6.27. The van der Waals surface area contributed by atoms with Crippen LogP contribution in [0.4, 0.5) is 0 Å². The van der Waals surface area contributed by atoms with Gasteiger partial charge in [-0.25, -0.2) is 0 Å². The molecule has 3 heteroatoms. The van der Waals surface area contributed by atoms with Gasteiger partial charge in [-0.1, -0.05) is 0 Å². The van der Waals surface area contributed by atoms with Crippen molar-refractivity contribution in [1.29, 1.82) is 0 Å². The first kappa shape index (κ1) is 11.0.